The number of nitrogens with one attached hydrogen (secondary N) is 1. The second-order valence-corrected chi connectivity index (χ2v) is 6.69. The SMILES string of the molecule is Cc1cccc(CNS(=O)(=O)c2cccs2)c1. The first kappa shape index (κ1) is 12.3. The van der Waals surface area contributed by atoms with Crippen LogP contribution < -0.4 is 4.72 Å². The van der Waals surface area contributed by atoms with Crippen LogP contribution >= 0.6 is 11.3 Å². The molecule has 0 atom stereocenters. The highest BCUT2D eigenvalue weighted by Gasteiger charge is 2.14. The molecule has 0 aliphatic heterocycles. The van der Waals surface area contributed by atoms with E-state index in [0.29, 0.717) is 10.8 Å². The predicted octanol–water partition coefficient (Wildman–Crippen LogP) is 2.54. The first-order valence-electron chi connectivity index (χ1n) is 5.17. The van der Waals surface area contributed by atoms with Crippen LogP contribution in [0.25, 0.3) is 0 Å². The maximum Gasteiger partial charge on any atom is 0.250 e. The van der Waals surface area contributed by atoms with E-state index in [9.17, 15) is 8.42 Å². The quantitative estimate of drug-likeness (QED) is 0.925. The average molecular weight is 267 g/mol. The summed E-state index contributed by atoms with van der Waals surface area (Å²) in [7, 11) is -3.36. The first-order valence-corrected chi connectivity index (χ1v) is 7.53. The fourth-order valence-electron chi connectivity index (χ4n) is 1.49. The van der Waals surface area contributed by atoms with Gasteiger partial charge in [0.1, 0.15) is 4.21 Å². The van der Waals surface area contributed by atoms with Crippen molar-refractivity contribution in [2.75, 3.05) is 0 Å². The van der Waals surface area contributed by atoms with E-state index >= 15 is 0 Å². The minimum absolute atomic E-state index is 0.321. The van der Waals surface area contributed by atoms with E-state index < -0.39 is 10.0 Å². The van der Waals surface area contributed by atoms with E-state index in [1.54, 1.807) is 17.5 Å². The van der Waals surface area contributed by atoms with E-state index in [2.05, 4.69) is 4.72 Å². The molecule has 17 heavy (non-hydrogen) atoms. The molecular weight excluding hydrogens is 254 g/mol. The highest BCUT2D eigenvalue weighted by Crippen LogP contribution is 2.15. The van der Waals surface area contributed by atoms with E-state index in [1.807, 2.05) is 31.2 Å². The fraction of sp³-hybridized carbons (Fsp3) is 0.167. The van der Waals surface area contributed by atoms with Crippen LogP contribution in [0.4, 0.5) is 0 Å². The van der Waals surface area contributed by atoms with Gasteiger partial charge in [-0.3, -0.25) is 0 Å². The van der Waals surface area contributed by atoms with Gasteiger partial charge in [0.25, 0.3) is 0 Å². The standard InChI is InChI=1S/C12H13NO2S2/c1-10-4-2-5-11(8-10)9-13-17(14,15)12-6-3-7-16-12/h2-8,13H,9H2,1H3. The van der Waals surface area contributed by atoms with Gasteiger partial charge in [-0.1, -0.05) is 35.9 Å². The lowest BCUT2D eigenvalue weighted by Crippen LogP contribution is -2.22. The van der Waals surface area contributed by atoms with Crippen LogP contribution in [-0.2, 0) is 16.6 Å². The molecule has 0 fully saturated rings. The number of sulfonamides is 1. The van der Waals surface area contributed by atoms with Gasteiger partial charge in [-0.25, -0.2) is 13.1 Å². The Labute approximate surface area is 105 Å². The normalized spacial score (nSPS) is 11.6. The molecule has 0 saturated carbocycles. The molecule has 0 aliphatic carbocycles. The first-order chi connectivity index (χ1) is 8.08. The molecule has 0 radical (unpaired) electrons. The van der Waals surface area contributed by atoms with Crippen LogP contribution in [0.2, 0.25) is 0 Å². The molecule has 2 rings (SSSR count). The monoisotopic (exact) mass is 267 g/mol. The Morgan fingerprint density at radius 3 is 2.71 bits per heavy atom. The van der Waals surface area contributed by atoms with Crippen molar-refractivity contribution in [1.82, 2.24) is 4.72 Å². The van der Waals surface area contributed by atoms with Crippen molar-refractivity contribution in [3.05, 3.63) is 52.9 Å². The molecule has 0 spiro atoms. The van der Waals surface area contributed by atoms with Crippen LogP contribution in [0.5, 0.6) is 0 Å². The lowest BCUT2D eigenvalue weighted by Gasteiger charge is -2.05. The minimum Gasteiger partial charge on any atom is -0.206 e. The molecule has 90 valence electrons. The van der Waals surface area contributed by atoms with Gasteiger partial charge in [0, 0.05) is 6.54 Å². The molecule has 1 aromatic carbocycles. The number of hydrogen-bond donors (Lipinski definition) is 1. The Morgan fingerprint density at radius 1 is 1.24 bits per heavy atom. The predicted molar refractivity (Wildman–Crippen MR) is 69.5 cm³/mol. The highest BCUT2D eigenvalue weighted by molar-refractivity contribution is 7.91. The third-order valence-electron chi connectivity index (χ3n) is 2.31. The molecule has 1 aromatic heterocycles. The van der Waals surface area contributed by atoms with Crippen LogP contribution in [0.3, 0.4) is 0 Å². The third-order valence-corrected chi connectivity index (χ3v) is 5.11. The molecule has 0 aliphatic rings. The zero-order valence-corrected chi connectivity index (χ0v) is 11.0. The molecule has 0 saturated heterocycles. The summed E-state index contributed by atoms with van der Waals surface area (Å²) in [5.41, 5.74) is 2.09. The Balaban J connectivity index is 2.08. The fourth-order valence-corrected chi connectivity index (χ4v) is 3.54. The highest BCUT2D eigenvalue weighted by atomic mass is 32.2. The molecule has 2 aromatic rings. The van der Waals surface area contributed by atoms with E-state index in [0.717, 1.165) is 11.1 Å². The molecule has 0 amide bonds. The molecular formula is C12H13NO2S2. The topological polar surface area (TPSA) is 46.2 Å². The van der Waals surface area contributed by atoms with Crippen LogP contribution in [0.1, 0.15) is 11.1 Å². The maximum absolute atomic E-state index is 11.9. The summed E-state index contributed by atoms with van der Waals surface area (Å²) in [4.78, 5) is 0. The molecule has 3 nitrogen and oxygen atoms in total. The van der Waals surface area contributed by atoms with Gasteiger partial charge in [-0.2, -0.15) is 0 Å². The molecule has 1 N–H and O–H groups in total. The van der Waals surface area contributed by atoms with Crippen molar-refractivity contribution >= 4 is 21.4 Å². The summed E-state index contributed by atoms with van der Waals surface area (Å²) in [5, 5.41) is 1.75. The van der Waals surface area contributed by atoms with Gasteiger partial charge < -0.3 is 0 Å². The van der Waals surface area contributed by atoms with Crippen LogP contribution in [0.15, 0.2) is 46.0 Å². The van der Waals surface area contributed by atoms with Crippen molar-refractivity contribution in [2.45, 2.75) is 17.7 Å². The van der Waals surface area contributed by atoms with Gasteiger partial charge in [0.2, 0.25) is 10.0 Å². The Bertz CT molecular complexity index is 589. The summed E-state index contributed by atoms with van der Waals surface area (Å²) in [6.07, 6.45) is 0. The number of hydrogen-bond acceptors (Lipinski definition) is 3. The van der Waals surface area contributed by atoms with E-state index in [4.69, 9.17) is 0 Å². The van der Waals surface area contributed by atoms with E-state index in [-0.39, 0.29) is 0 Å². The third kappa shape index (κ3) is 3.15. The summed E-state index contributed by atoms with van der Waals surface area (Å²) in [6, 6.07) is 11.1. The van der Waals surface area contributed by atoms with Crippen molar-refractivity contribution < 1.29 is 8.42 Å². The number of thiophene rings is 1. The van der Waals surface area contributed by atoms with Gasteiger partial charge in [-0.05, 0) is 23.9 Å². The summed E-state index contributed by atoms with van der Waals surface area (Å²) in [5.74, 6) is 0. The summed E-state index contributed by atoms with van der Waals surface area (Å²) >= 11 is 1.22. The van der Waals surface area contributed by atoms with Crippen LogP contribution in [0, 0.1) is 6.92 Å². The smallest absolute Gasteiger partial charge is 0.206 e. The van der Waals surface area contributed by atoms with Gasteiger partial charge in [0.15, 0.2) is 0 Å². The number of rotatable bonds is 4. The zero-order chi connectivity index (χ0) is 12.3. The lowest BCUT2D eigenvalue weighted by atomic mass is 10.1. The zero-order valence-electron chi connectivity index (χ0n) is 9.38. The number of benzene rings is 1. The Kier molecular flexibility index (Phi) is 3.61. The molecule has 0 bridgehead atoms. The molecule has 5 heteroatoms. The van der Waals surface area contributed by atoms with Gasteiger partial charge in [-0.15, -0.1) is 11.3 Å². The minimum atomic E-state index is -3.36. The van der Waals surface area contributed by atoms with Gasteiger partial charge in [0.05, 0.1) is 0 Å². The second kappa shape index (κ2) is 5.00. The molecule has 0 unspecified atom stereocenters. The Hall–Kier alpha value is -1.17. The van der Waals surface area contributed by atoms with Crippen molar-refractivity contribution in [3.63, 3.8) is 0 Å². The molecule has 1 heterocycles. The van der Waals surface area contributed by atoms with Crippen molar-refractivity contribution in [1.29, 1.82) is 0 Å². The summed E-state index contributed by atoms with van der Waals surface area (Å²) < 4.78 is 26.6. The maximum atomic E-state index is 11.9. The van der Waals surface area contributed by atoms with Crippen molar-refractivity contribution in [2.24, 2.45) is 0 Å². The van der Waals surface area contributed by atoms with Gasteiger partial charge >= 0.3 is 0 Å². The van der Waals surface area contributed by atoms with Crippen LogP contribution in [-0.4, -0.2) is 8.42 Å². The second-order valence-electron chi connectivity index (χ2n) is 3.75. The average Bonchev–Trinajstić information content (AvgIpc) is 2.81. The largest absolute Gasteiger partial charge is 0.250 e. The number of aryl methyl sites for hydroxylation is 1. The Morgan fingerprint density at radius 2 is 2.06 bits per heavy atom. The van der Waals surface area contributed by atoms with Crippen molar-refractivity contribution in [3.8, 4) is 0 Å². The van der Waals surface area contributed by atoms with E-state index in [1.165, 1.54) is 11.3 Å². The lowest BCUT2D eigenvalue weighted by molar-refractivity contribution is 0.583. The summed E-state index contributed by atoms with van der Waals surface area (Å²) in [6.45, 7) is 2.30.